The Morgan fingerprint density at radius 1 is 0.322 bits per heavy atom. The molecule has 1 aromatic heterocycles. The van der Waals surface area contributed by atoms with Crippen molar-refractivity contribution < 1.29 is 4.42 Å². The predicted molar refractivity (Wildman–Crippen MR) is 248 cm³/mol. The number of rotatable bonds is 7. The molecule has 1 aliphatic carbocycles. The number of benzene rings is 9. The number of para-hydroxylation sites is 1. The summed E-state index contributed by atoms with van der Waals surface area (Å²) in [7, 11) is 0. The minimum atomic E-state index is -0.177. The van der Waals surface area contributed by atoms with Crippen LogP contribution in [0.2, 0.25) is 0 Å². The summed E-state index contributed by atoms with van der Waals surface area (Å²) in [6, 6.07) is 76.9. The molecule has 2 heteroatoms. The Bertz CT molecular complexity index is 3160. The lowest BCUT2D eigenvalue weighted by Crippen LogP contribution is -2.16. The van der Waals surface area contributed by atoms with Crippen LogP contribution in [0.3, 0.4) is 0 Å². The second kappa shape index (κ2) is 13.9. The van der Waals surface area contributed by atoms with Crippen molar-refractivity contribution in [3.8, 4) is 55.6 Å². The molecule has 1 aliphatic rings. The lowest BCUT2D eigenvalue weighted by atomic mass is 9.81. The third-order valence-corrected chi connectivity index (χ3v) is 12.3. The minimum absolute atomic E-state index is 0.177. The Balaban J connectivity index is 0.986. The van der Waals surface area contributed by atoms with Crippen LogP contribution in [0.5, 0.6) is 0 Å². The van der Waals surface area contributed by atoms with Crippen molar-refractivity contribution >= 4 is 39.0 Å². The Morgan fingerprint density at radius 3 is 1.41 bits per heavy atom. The summed E-state index contributed by atoms with van der Waals surface area (Å²) >= 11 is 0. The molecule has 9 aromatic carbocycles. The molecule has 280 valence electrons. The third-order valence-electron chi connectivity index (χ3n) is 12.3. The van der Waals surface area contributed by atoms with Gasteiger partial charge in [-0.25, -0.2) is 0 Å². The standard InChI is InChI=1S/C57H41NO/c1-57(2)53-35-44(39-14-7-4-8-15-39)24-31-49(53)50-33-30-48(37-54(50)57)58(46-26-20-40(21-27-46)43-17-11-16-42(34-43)38-12-5-3-6-13-38)47-28-22-41(23-29-47)45-25-32-52-51-18-9-10-19-55(51)59-56(52)36-45/h3-37H,1-2H3. The molecule has 0 unspecified atom stereocenters. The Morgan fingerprint density at radius 2 is 0.763 bits per heavy atom. The molecular weight excluding hydrogens is 715 g/mol. The van der Waals surface area contributed by atoms with Gasteiger partial charge in [-0.15, -0.1) is 0 Å². The highest BCUT2D eigenvalue weighted by atomic mass is 16.3. The fourth-order valence-corrected chi connectivity index (χ4v) is 9.14. The smallest absolute Gasteiger partial charge is 0.136 e. The fraction of sp³-hybridized carbons (Fsp3) is 0.0526. The summed E-state index contributed by atoms with van der Waals surface area (Å²) in [5, 5.41) is 2.28. The molecular formula is C57H41NO. The SMILES string of the molecule is CC1(C)c2cc(-c3ccccc3)ccc2-c2ccc(N(c3ccc(-c4cccc(-c5ccccc5)c4)cc3)c3ccc(-c4ccc5c(c4)oc4ccccc45)cc3)cc21. The van der Waals surface area contributed by atoms with Gasteiger partial charge in [0, 0.05) is 33.2 Å². The van der Waals surface area contributed by atoms with Crippen molar-refractivity contribution in [3.63, 3.8) is 0 Å². The molecule has 0 saturated heterocycles. The van der Waals surface area contributed by atoms with Crippen molar-refractivity contribution in [2.75, 3.05) is 4.90 Å². The average Bonchev–Trinajstić information content (AvgIpc) is 3.78. The summed E-state index contributed by atoms with van der Waals surface area (Å²) in [4.78, 5) is 2.39. The van der Waals surface area contributed by atoms with Crippen LogP contribution in [-0.4, -0.2) is 0 Å². The maximum atomic E-state index is 6.26. The molecule has 10 aromatic rings. The van der Waals surface area contributed by atoms with E-state index < -0.39 is 0 Å². The van der Waals surface area contributed by atoms with Crippen LogP contribution < -0.4 is 4.90 Å². The van der Waals surface area contributed by atoms with E-state index in [1.807, 2.05) is 12.1 Å². The normalized spacial score (nSPS) is 12.7. The number of hydrogen-bond donors (Lipinski definition) is 0. The summed E-state index contributed by atoms with van der Waals surface area (Å²) in [6.07, 6.45) is 0. The van der Waals surface area contributed by atoms with Crippen molar-refractivity contribution in [1.82, 2.24) is 0 Å². The number of furan rings is 1. The highest BCUT2D eigenvalue weighted by molar-refractivity contribution is 6.06. The zero-order valence-corrected chi connectivity index (χ0v) is 33.1. The molecule has 0 radical (unpaired) electrons. The van der Waals surface area contributed by atoms with Crippen LogP contribution in [-0.2, 0) is 5.41 Å². The van der Waals surface area contributed by atoms with Crippen LogP contribution in [0, 0.1) is 0 Å². The first-order chi connectivity index (χ1) is 29.0. The second-order valence-corrected chi connectivity index (χ2v) is 16.2. The van der Waals surface area contributed by atoms with Gasteiger partial charge in [0.1, 0.15) is 11.2 Å². The molecule has 0 amide bonds. The summed E-state index contributed by atoms with van der Waals surface area (Å²) in [5.74, 6) is 0. The largest absolute Gasteiger partial charge is 0.456 e. The molecule has 0 spiro atoms. The van der Waals surface area contributed by atoms with Crippen LogP contribution in [0.4, 0.5) is 17.1 Å². The van der Waals surface area contributed by atoms with E-state index in [1.165, 1.54) is 55.6 Å². The van der Waals surface area contributed by atoms with E-state index in [-0.39, 0.29) is 5.41 Å². The quantitative estimate of drug-likeness (QED) is 0.161. The lowest BCUT2D eigenvalue weighted by molar-refractivity contribution is 0.660. The van der Waals surface area contributed by atoms with E-state index in [4.69, 9.17) is 4.42 Å². The number of anilines is 3. The van der Waals surface area contributed by atoms with Crippen LogP contribution in [0.25, 0.3) is 77.6 Å². The van der Waals surface area contributed by atoms with E-state index in [9.17, 15) is 0 Å². The first-order valence-corrected chi connectivity index (χ1v) is 20.4. The van der Waals surface area contributed by atoms with Gasteiger partial charge in [-0.3, -0.25) is 0 Å². The Kier molecular flexibility index (Phi) is 8.20. The molecule has 0 saturated carbocycles. The lowest BCUT2D eigenvalue weighted by Gasteiger charge is -2.28. The summed E-state index contributed by atoms with van der Waals surface area (Å²) < 4.78 is 6.26. The van der Waals surface area contributed by atoms with Gasteiger partial charge < -0.3 is 9.32 Å². The monoisotopic (exact) mass is 755 g/mol. The van der Waals surface area contributed by atoms with Gasteiger partial charge in [-0.05, 0) is 133 Å². The van der Waals surface area contributed by atoms with Gasteiger partial charge in [0.05, 0.1) is 0 Å². The van der Waals surface area contributed by atoms with E-state index in [0.717, 1.165) is 50.1 Å². The van der Waals surface area contributed by atoms with E-state index in [0.29, 0.717) is 0 Å². The van der Waals surface area contributed by atoms with Crippen LogP contribution in [0.1, 0.15) is 25.0 Å². The van der Waals surface area contributed by atoms with E-state index in [2.05, 4.69) is 219 Å². The highest BCUT2D eigenvalue weighted by Crippen LogP contribution is 2.52. The Labute approximate surface area is 345 Å². The summed E-state index contributed by atoms with van der Waals surface area (Å²) in [6.45, 7) is 4.74. The second-order valence-electron chi connectivity index (χ2n) is 16.2. The fourth-order valence-electron chi connectivity index (χ4n) is 9.14. The van der Waals surface area contributed by atoms with Crippen molar-refractivity contribution in [3.05, 3.63) is 223 Å². The zero-order chi connectivity index (χ0) is 39.5. The van der Waals surface area contributed by atoms with Crippen molar-refractivity contribution in [2.45, 2.75) is 19.3 Å². The van der Waals surface area contributed by atoms with E-state index >= 15 is 0 Å². The van der Waals surface area contributed by atoms with Gasteiger partial charge in [-0.2, -0.15) is 0 Å². The molecule has 0 N–H and O–H groups in total. The molecule has 11 rings (SSSR count). The molecule has 0 atom stereocenters. The molecule has 2 nitrogen and oxygen atoms in total. The van der Waals surface area contributed by atoms with Gasteiger partial charge in [0.2, 0.25) is 0 Å². The average molecular weight is 756 g/mol. The predicted octanol–water partition coefficient (Wildman–Crippen LogP) is 16.0. The Hall–Kier alpha value is -7.42. The summed E-state index contributed by atoms with van der Waals surface area (Å²) in [5.41, 5.74) is 19.9. The molecule has 0 aliphatic heterocycles. The highest BCUT2D eigenvalue weighted by Gasteiger charge is 2.36. The van der Waals surface area contributed by atoms with Gasteiger partial charge in [-0.1, -0.05) is 159 Å². The number of nitrogens with zero attached hydrogens (tertiary/aromatic N) is 1. The van der Waals surface area contributed by atoms with Crippen LogP contribution >= 0.6 is 0 Å². The maximum Gasteiger partial charge on any atom is 0.136 e. The maximum absolute atomic E-state index is 6.26. The van der Waals surface area contributed by atoms with Crippen molar-refractivity contribution in [1.29, 1.82) is 0 Å². The molecule has 0 fully saturated rings. The third kappa shape index (κ3) is 6.04. The van der Waals surface area contributed by atoms with Crippen LogP contribution in [0.15, 0.2) is 217 Å². The molecule has 59 heavy (non-hydrogen) atoms. The van der Waals surface area contributed by atoms with Gasteiger partial charge >= 0.3 is 0 Å². The van der Waals surface area contributed by atoms with Gasteiger partial charge in [0.25, 0.3) is 0 Å². The first kappa shape index (κ1) is 34.8. The minimum Gasteiger partial charge on any atom is -0.456 e. The zero-order valence-electron chi connectivity index (χ0n) is 33.1. The van der Waals surface area contributed by atoms with Crippen molar-refractivity contribution in [2.24, 2.45) is 0 Å². The molecule has 1 heterocycles. The van der Waals surface area contributed by atoms with E-state index in [1.54, 1.807) is 0 Å². The number of fused-ring (bicyclic) bond motifs is 6. The topological polar surface area (TPSA) is 16.4 Å². The van der Waals surface area contributed by atoms with Gasteiger partial charge in [0.15, 0.2) is 0 Å². The first-order valence-electron chi connectivity index (χ1n) is 20.4. The number of hydrogen-bond acceptors (Lipinski definition) is 2. The molecule has 0 bridgehead atoms.